The molecule has 1 aromatic heterocycles. The lowest BCUT2D eigenvalue weighted by Crippen LogP contribution is -2.46. The van der Waals surface area contributed by atoms with Gasteiger partial charge < -0.3 is 30.4 Å². The van der Waals surface area contributed by atoms with E-state index < -0.39 is 5.91 Å². The van der Waals surface area contributed by atoms with Gasteiger partial charge in [0.15, 0.2) is 11.2 Å². The molecule has 3 aromatic carbocycles. The highest BCUT2D eigenvalue weighted by molar-refractivity contribution is 6.03. The summed E-state index contributed by atoms with van der Waals surface area (Å²) in [5, 5.41) is 20.0. The number of fused-ring (bicyclic) bond motifs is 1. The summed E-state index contributed by atoms with van der Waals surface area (Å²) in [7, 11) is 0. The summed E-state index contributed by atoms with van der Waals surface area (Å²) in [4.78, 5) is 42.4. The predicted octanol–water partition coefficient (Wildman–Crippen LogP) is 4.79. The Morgan fingerprint density at radius 3 is 2.36 bits per heavy atom. The number of nitrogens with one attached hydrogen (secondary N) is 3. The molecule has 0 bridgehead atoms. The van der Waals surface area contributed by atoms with Gasteiger partial charge in [-0.1, -0.05) is 31.5 Å². The van der Waals surface area contributed by atoms with Crippen molar-refractivity contribution in [3.8, 4) is 5.75 Å². The fraction of sp³-hybridized carbons (Fsp3) is 0.324. The first kappa shape index (κ1) is 30.6. The SMILES string of the molecule is CCCCC(=O)NCCNc1ccc(NC(=O)c2cc(=O)c3ccc(O)c(CN4CCN(c5ccccc5)CC4)c3o2)cc1. The normalized spacial score (nSPS) is 13.5. The van der Waals surface area contributed by atoms with Crippen molar-refractivity contribution in [3.05, 3.63) is 94.3 Å². The van der Waals surface area contributed by atoms with Crippen molar-refractivity contribution < 1.29 is 19.1 Å². The Labute approximate surface area is 256 Å². The van der Waals surface area contributed by atoms with E-state index in [1.165, 1.54) is 23.9 Å². The van der Waals surface area contributed by atoms with Crippen LogP contribution in [-0.4, -0.2) is 61.1 Å². The number of hydrogen-bond acceptors (Lipinski definition) is 8. The lowest BCUT2D eigenvalue weighted by molar-refractivity contribution is -0.121. The van der Waals surface area contributed by atoms with Crippen LogP contribution in [0.1, 0.15) is 42.3 Å². The fourth-order valence-electron chi connectivity index (χ4n) is 5.25. The molecule has 0 radical (unpaired) electrons. The molecule has 0 aliphatic carbocycles. The first-order valence-corrected chi connectivity index (χ1v) is 15.1. The molecular weight excluding hydrogens is 558 g/mol. The number of phenolic OH excluding ortho intramolecular Hbond substituents is 1. The molecule has 10 heteroatoms. The zero-order valence-electron chi connectivity index (χ0n) is 25.0. The summed E-state index contributed by atoms with van der Waals surface area (Å²) >= 11 is 0. The zero-order chi connectivity index (χ0) is 30.9. The van der Waals surface area contributed by atoms with E-state index in [0.717, 1.165) is 44.7 Å². The minimum absolute atomic E-state index is 0.0207. The summed E-state index contributed by atoms with van der Waals surface area (Å²) in [6.07, 6.45) is 2.41. The van der Waals surface area contributed by atoms with Crippen molar-refractivity contribution in [2.24, 2.45) is 0 Å². The number of hydrogen-bond donors (Lipinski definition) is 4. The Kier molecular flexibility index (Phi) is 10.1. The highest BCUT2D eigenvalue weighted by atomic mass is 16.3. The standard InChI is InChI=1S/C34H39N5O5/c1-2-3-9-32(42)36-17-16-35-24-10-12-25(13-11-24)37-34(43)31-22-30(41)27-14-15-29(40)28(33(27)44-31)23-38-18-20-39(21-19-38)26-7-5-4-6-8-26/h4-8,10-15,22,35,40H,2-3,9,16-21,23H2,1H3,(H,36,42)(H,37,43). The average Bonchev–Trinajstić information content (AvgIpc) is 3.05. The molecular formula is C34H39N5O5. The Hall–Kier alpha value is -4.83. The van der Waals surface area contributed by atoms with Crippen LogP contribution in [0, 0.1) is 0 Å². The maximum Gasteiger partial charge on any atom is 0.291 e. The maximum absolute atomic E-state index is 13.1. The van der Waals surface area contributed by atoms with E-state index >= 15 is 0 Å². The van der Waals surface area contributed by atoms with Crippen LogP contribution >= 0.6 is 0 Å². The molecule has 1 aliphatic rings. The third-order valence-corrected chi connectivity index (χ3v) is 7.75. The van der Waals surface area contributed by atoms with E-state index in [2.05, 4.69) is 44.8 Å². The number of unbranched alkanes of at least 4 members (excludes halogenated alkanes) is 1. The highest BCUT2D eigenvalue weighted by Gasteiger charge is 2.22. The van der Waals surface area contributed by atoms with Crippen molar-refractivity contribution in [1.82, 2.24) is 10.2 Å². The minimum Gasteiger partial charge on any atom is -0.507 e. The molecule has 4 aromatic rings. The van der Waals surface area contributed by atoms with E-state index in [4.69, 9.17) is 4.42 Å². The number of amides is 2. The van der Waals surface area contributed by atoms with Crippen LogP contribution in [0.4, 0.5) is 17.1 Å². The third kappa shape index (κ3) is 7.76. The lowest BCUT2D eigenvalue weighted by Gasteiger charge is -2.36. The number of benzene rings is 3. The molecule has 0 saturated carbocycles. The second-order valence-electron chi connectivity index (χ2n) is 10.9. The quantitative estimate of drug-likeness (QED) is 0.172. The van der Waals surface area contributed by atoms with Crippen molar-refractivity contribution in [1.29, 1.82) is 0 Å². The first-order chi connectivity index (χ1) is 21.4. The largest absolute Gasteiger partial charge is 0.507 e. The van der Waals surface area contributed by atoms with Crippen molar-refractivity contribution in [3.63, 3.8) is 0 Å². The molecule has 4 N–H and O–H groups in total. The number of anilines is 3. The molecule has 1 fully saturated rings. The van der Waals surface area contributed by atoms with E-state index in [0.29, 0.717) is 42.7 Å². The van der Waals surface area contributed by atoms with Crippen molar-refractivity contribution in [2.45, 2.75) is 32.7 Å². The molecule has 5 rings (SSSR count). The molecule has 44 heavy (non-hydrogen) atoms. The Bertz CT molecular complexity index is 1630. The Morgan fingerprint density at radius 2 is 1.64 bits per heavy atom. The number of rotatable bonds is 12. The van der Waals surface area contributed by atoms with Crippen LogP contribution < -0.4 is 26.3 Å². The van der Waals surface area contributed by atoms with Crippen molar-refractivity contribution >= 4 is 39.8 Å². The Morgan fingerprint density at radius 1 is 0.909 bits per heavy atom. The van der Waals surface area contributed by atoms with Crippen LogP contribution in [0.5, 0.6) is 5.75 Å². The summed E-state index contributed by atoms with van der Waals surface area (Å²) in [6.45, 7) is 6.73. The molecule has 1 aliphatic heterocycles. The van der Waals surface area contributed by atoms with Crippen LogP contribution in [0.15, 0.2) is 82.0 Å². The molecule has 2 heterocycles. The van der Waals surface area contributed by atoms with Gasteiger partial charge in [-0.15, -0.1) is 0 Å². The summed E-state index contributed by atoms with van der Waals surface area (Å²) in [5.41, 5.74) is 2.90. The van der Waals surface area contributed by atoms with Crippen LogP contribution in [-0.2, 0) is 11.3 Å². The monoisotopic (exact) mass is 597 g/mol. The maximum atomic E-state index is 13.1. The number of piperazine rings is 1. The number of aromatic hydroxyl groups is 1. The van der Waals surface area contributed by atoms with E-state index in [9.17, 15) is 19.5 Å². The van der Waals surface area contributed by atoms with E-state index in [1.54, 1.807) is 12.1 Å². The highest BCUT2D eigenvalue weighted by Crippen LogP contribution is 2.29. The van der Waals surface area contributed by atoms with Gasteiger partial charge in [0.2, 0.25) is 5.91 Å². The number of phenols is 1. The summed E-state index contributed by atoms with van der Waals surface area (Å²) < 4.78 is 6.00. The third-order valence-electron chi connectivity index (χ3n) is 7.75. The van der Waals surface area contributed by atoms with Gasteiger partial charge in [0, 0.05) is 75.4 Å². The summed E-state index contributed by atoms with van der Waals surface area (Å²) in [6, 6.07) is 21.6. The van der Waals surface area contributed by atoms with Crippen LogP contribution in [0.25, 0.3) is 11.0 Å². The molecule has 0 atom stereocenters. The van der Waals surface area contributed by atoms with Gasteiger partial charge in [-0.2, -0.15) is 0 Å². The molecule has 0 unspecified atom stereocenters. The van der Waals surface area contributed by atoms with Gasteiger partial charge in [0.1, 0.15) is 11.3 Å². The van der Waals surface area contributed by atoms with Gasteiger partial charge in [-0.05, 0) is 55.0 Å². The molecule has 10 nitrogen and oxygen atoms in total. The average molecular weight is 598 g/mol. The topological polar surface area (TPSA) is 127 Å². The van der Waals surface area contributed by atoms with Crippen molar-refractivity contribution in [2.75, 3.05) is 54.8 Å². The number of carbonyl (C=O) groups is 2. The van der Waals surface area contributed by atoms with Gasteiger partial charge in [-0.3, -0.25) is 19.3 Å². The molecule has 2 amide bonds. The summed E-state index contributed by atoms with van der Waals surface area (Å²) in [5.74, 6) is -0.627. The number of carbonyl (C=O) groups excluding carboxylic acids is 2. The second-order valence-corrected chi connectivity index (χ2v) is 10.9. The van der Waals surface area contributed by atoms with E-state index in [-0.39, 0.29) is 28.4 Å². The first-order valence-electron chi connectivity index (χ1n) is 15.1. The second kappa shape index (κ2) is 14.6. The molecule has 230 valence electrons. The van der Waals surface area contributed by atoms with E-state index in [1.807, 2.05) is 30.3 Å². The van der Waals surface area contributed by atoms with Crippen LogP contribution in [0.2, 0.25) is 0 Å². The van der Waals surface area contributed by atoms with Gasteiger partial charge in [-0.25, -0.2) is 0 Å². The van der Waals surface area contributed by atoms with Gasteiger partial charge in [0.25, 0.3) is 5.91 Å². The van der Waals surface area contributed by atoms with Gasteiger partial charge >= 0.3 is 0 Å². The minimum atomic E-state index is -0.565. The predicted molar refractivity (Wildman–Crippen MR) is 174 cm³/mol. The molecule has 1 saturated heterocycles. The van der Waals surface area contributed by atoms with Crippen LogP contribution in [0.3, 0.4) is 0 Å². The molecule has 0 spiro atoms. The zero-order valence-corrected chi connectivity index (χ0v) is 25.0. The fourth-order valence-corrected chi connectivity index (χ4v) is 5.25. The number of para-hydroxylation sites is 1. The van der Waals surface area contributed by atoms with Gasteiger partial charge in [0.05, 0.1) is 10.9 Å². The lowest BCUT2D eigenvalue weighted by atomic mass is 10.1. The Balaban J connectivity index is 1.22. The number of nitrogens with zero attached hydrogens (tertiary/aromatic N) is 2. The smallest absolute Gasteiger partial charge is 0.291 e.